The molecule has 0 spiro atoms. The van der Waals surface area contributed by atoms with Crippen LogP contribution in [0.5, 0.6) is 0 Å². The van der Waals surface area contributed by atoms with Crippen LogP contribution in [0.2, 0.25) is 0 Å². The van der Waals surface area contributed by atoms with Crippen molar-refractivity contribution in [2.75, 3.05) is 0 Å². The Morgan fingerprint density at radius 1 is 1.36 bits per heavy atom. The lowest BCUT2D eigenvalue weighted by atomic mass is 9.74. The highest BCUT2D eigenvalue weighted by Crippen LogP contribution is 2.33. The van der Waals surface area contributed by atoms with Gasteiger partial charge in [0, 0.05) is 0 Å². The van der Waals surface area contributed by atoms with Gasteiger partial charge in [-0.2, -0.15) is 0 Å². The largest absolute Gasteiger partial charge is 0.481 e. The third kappa shape index (κ3) is 3.40. The SMILES string of the molecule is CC1(NC(=O)Cn2cnc3ccccc3c2=O)CCCCC1C(=O)O. The standard InChI is InChI=1S/C18H21N3O4/c1-18(9-5-4-7-13(18)17(24)25)20-15(22)10-21-11-19-14-8-3-2-6-12(14)16(21)23/h2-3,6,8,11,13H,4-5,7,9-10H2,1H3,(H,20,22)(H,24,25). The molecule has 0 saturated heterocycles. The molecule has 1 aromatic heterocycles. The van der Waals surface area contributed by atoms with Gasteiger partial charge >= 0.3 is 5.97 Å². The number of carboxylic acid groups (broad SMARTS) is 1. The maximum Gasteiger partial charge on any atom is 0.308 e. The Morgan fingerprint density at radius 3 is 2.88 bits per heavy atom. The fourth-order valence-corrected chi connectivity index (χ4v) is 3.61. The first-order valence-electron chi connectivity index (χ1n) is 8.39. The summed E-state index contributed by atoms with van der Waals surface area (Å²) < 4.78 is 1.25. The topological polar surface area (TPSA) is 101 Å². The monoisotopic (exact) mass is 343 g/mol. The average Bonchev–Trinajstić information content (AvgIpc) is 2.57. The number of hydrogen-bond donors (Lipinski definition) is 2. The Morgan fingerprint density at radius 2 is 2.12 bits per heavy atom. The van der Waals surface area contributed by atoms with Crippen molar-refractivity contribution in [1.82, 2.24) is 14.9 Å². The molecule has 3 rings (SSSR count). The van der Waals surface area contributed by atoms with E-state index < -0.39 is 17.4 Å². The molecule has 2 atom stereocenters. The Balaban J connectivity index is 1.79. The van der Waals surface area contributed by atoms with E-state index in [4.69, 9.17) is 0 Å². The van der Waals surface area contributed by atoms with Crippen molar-refractivity contribution in [3.8, 4) is 0 Å². The molecule has 1 amide bonds. The minimum Gasteiger partial charge on any atom is -0.481 e. The number of aromatic nitrogens is 2. The van der Waals surface area contributed by atoms with Crippen LogP contribution < -0.4 is 10.9 Å². The molecule has 7 heteroatoms. The van der Waals surface area contributed by atoms with Gasteiger partial charge in [-0.25, -0.2) is 4.98 Å². The molecular weight excluding hydrogens is 322 g/mol. The van der Waals surface area contributed by atoms with Crippen molar-refractivity contribution in [2.45, 2.75) is 44.7 Å². The molecule has 0 aliphatic heterocycles. The van der Waals surface area contributed by atoms with Gasteiger partial charge in [0.05, 0.1) is 28.7 Å². The summed E-state index contributed by atoms with van der Waals surface area (Å²) >= 11 is 0. The number of carbonyl (C=O) groups is 2. The van der Waals surface area contributed by atoms with Gasteiger partial charge in [0.25, 0.3) is 5.56 Å². The van der Waals surface area contributed by atoms with Crippen molar-refractivity contribution < 1.29 is 14.7 Å². The van der Waals surface area contributed by atoms with Crippen molar-refractivity contribution in [3.05, 3.63) is 40.9 Å². The maximum atomic E-state index is 12.5. The van der Waals surface area contributed by atoms with Gasteiger partial charge in [0.1, 0.15) is 6.54 Å². The van der Waals surface area contributed by atoms with Crippen LogP contribution in [0.25, 0.3) is 10.9 Å². The Bertz CT molecular complexity index is 876. The van der Waals surface area contributed by atoms with Gasteiger partial charge in [0.2, 0.25) is 5.91 Å². The number of benzene rings is 1. The lowest BCUT2D eigenvalue weighted by Gasteiger charge is -2.39. The quantitative estimate of drug-likeness (QED) is 0.877. The molecule has 1 saturated carbocycles. The second-order valence-electron chi connectivity index (χ2n) is 6.80. The van der Waals surface area contributed by atoms with Crippen molar-refractivity contribution in [2.24, 2.45) is 5.92 Å². The van der Waals surface area contributed by atoms with Crippen LogP contribution in [0.1, 0.15) is 32.6 Å². The van der Waals surface area contributed by atoms with E-state index >= 15 is 0 Å². The lowest BCUT2D eigenvalue weighted by molar-refractivity contribution is -0.146. The van der Waals surface area contributed by atoms with Crippen molar-refractivity contribution in [1.29, 1.82) is 0 Å². The Hall–Kier alpha value is -2.70. The fraction of sp³-hybridized carbons (Fsp3) is 0.444. The summed E-state index contributed by atoms with van der Waals surface area (Å²) in [5.41, 5.74) is -0.506. The number of nitrogens with zero attached hydrogens (tertiary/aromatic N) is 2. The van der Waals surface area contributed by atoms with E-state index in [2.05, 4.69) is 10.3 Å². The summed E-state index contributed by atoms with van der Waals surface area (Å²) in [6.45, 7) is 1.59. The molecule has 1 aromatic carbocycles. The molecule has 1 aliphatic carbocycles. The number of para-hydroxylation sites is 1. The van der Waals surface area contributed by atoms with E-state index in [0.717, 1.165) is 12.8 Å². The van der Waals surface area contributed by atoms with Gasteiger partial charge in [-0.15, -0.1) is 0 Å². The van der Waals surface area contributed by atoms with E-state index in [9.17, 15) is 19.5 Å². The van der Waals surface area contributed by atoms with E-state index in [0.29, 0.717) is 23.7 Å². The van der Waals surface area contributed by atoms with Crippen LogP contribution in [0.15, 0.2) is 35.4 Å². The number of aliphatic carboxylic acids is 1. The van der Waals surface area contributed by atoms with Crippen molar-refractivity contribution in [3.63, 3.8) is 0 Å². The van der Waals surface area contributed by atoms with Crippen LogP contribution in [-0.2, 0) is 16.1 Å². The molecular formula is C18H21N3O4. The van der Waals surface area contributed by atoms with Gasteiger partial charge in [-0.05, 0) is 31.9 Å². The molecule has 2 aromatic rings. The maximum absolute atomic E-state index is 12.5. The molecule has 1 heterocycles. The third-order valence-corrected chi connectivity index (χ3v) is 4.98. The van der Waals surface area contributed by atoms with Crippen LogP contribution in [0.3, 0.4) is 0 Å². The second-order valence-corrected chi connectivity index (χ2v) is 6.80. The smallest absolute Gasteiger partial charge is 0.308 e. The first kappa shape index (κ1) is 17.1. The minimum atomic E-state index is -0.896. The van der Waals surface area contributed by atoms with E-state index in [1.54, 1.807) is 31.2 Å². The highest BCUT2D eigenvalue weighted by atomic mass is 16.4. The predicted octanol–water partition coefficient (Wildman–Crippen LogP) is 1.55. The molecule has 0 radical (unpaired) electrons. The molecule has 7 nitrogen and oxygen atoms in total. The number of fused-ring (bicyclic) bond motifs is 1. The summed E-state index contributed by atoms with van der Waals surface area (Å²) in [7, 11) is 0. The first-order valence-corrected chi connectivity index (χ1v) is 8.39. The zero-order valence-electron chi connectivity index (χ0n) is 14.1. The first-order chi connectivity index (χ1) is 11.9. The Kier molecular flexibility index (Phi) is 4.57. The lowest BCUT2D eigenvalue weighted by Crippen LogP contribution is -2.56. The Labute approximate surface area is 144 Å². The summed E-state index contributed by atoms with van der Waals surface area (Å²) in [6, 6.07) is 6.95. The molecule has 25 heavy (non-hydrogen) atoms. The van der Waals surface area contributed by atoms with Gasteiger partial charge in [0.15, 0.2) is 0 Å². The van der Waals surface area contributed by atoms with Crippen molar-refractivity contribution >= 4 is 22.8 Å². The molecule has 0 bridgehead atoms. The van der Waals surface area contributed by atoms with Gasteiger partial charge < -0.3 is 10.4 Å². The highest BCUT2D eigenvalue weighted by Gasteiger charge is 2.42. The van der Waals surface area contributed by atoms with E-state index in [1.807, 2.05) is 0 Å². The van der Waals surface area contributed by atoms with Crippen LogP contribution in [0.4, 0.5) is 0 Å². The number of carbonyl (C=O) groups excluding carboxylic acids is 1. The number of hydrogen-bond acceptors (Lipinski definition) is 4. The summed E-state index contributed by atoms with van der Waals surface area (Å²) in [6.07, 6.45) is 4.22. The van der Waals surface area contributed by atoms with Crippen LogP contribution in [0, 0.1) is 5.92 Å². The number of carboxylic acids is 1. The van der Waals surface area contributed by atoms with Gasteiger partial charge in [-0.3, -0.25) is 19.0 Å². The normalized spacial score (nSPS) is 23.3. The molecule has 2 N–H and O–H groups in total. The van der Waals surface area contributed by atoms with E-state index in [-0.39, 0.29) is 18.0 Å². The zero-order valence-corrected chi connectivity index (χ0v) is 14.1. The number of amides is 1. The number of rotatable bonds is 4. The highest BCUT2D eigenvalue weighted by molar-refractivity contribution is 5.80. The fourth-order valence-electron chi connectivity index (χ4n) is 3.61. The second kappa shape index (κ2) is 6.66. The molecule has 1 fully saturated rings. The minimum absolute atomic E-state index is 0.182. The van der Waals surface area contributed by atoms with Crippen LogP contribution in [-0.4, -0.2) is 32.1 Å². The predicted molar refractivity (Wildman–Crippen MR) is 92.1 cm³/mol. The average molecular weight is 343 g/mol. The van der Waals surface area contributed by atoms with Crippen LogP contribution >= 0.6 is 0 Å². The molecule has 2 unspecified atom stereocenters. The molecule has 1 aliphatic rings. The van der Waals surface area contributed by atoms with E-state index in [1.165, 1.54) is 10.9 Å². The molecule has 132 valence electrons. The summed E-state index contributed by atoms with van der Waals surface area (Å²) in [4.78, 5) is 40.6. The third-order valence-electron chi connectivity index (χ3n) is 4.98. The zero-order chi connectivity index (χ0) is 18.0. The summed E-state index contributed by atoms with van der Waals surface area (Å²) in [5, 5.41) is 12.7. The number of nitrogens with one attached hydrogen (secondary N) is 1. The summed E-state index contributed by atoms with van der Waals surface area (Å²) in [5.74, 6) is -1.89. The van der Waals surface area contributed by atoms with Gasteiger partial charge in [-0.1, -0.05) is 25.0 Å².